The van der Waals surface area contributed by atoms with Crippen molar-refractivity contribution in [3.8, 4) is 0 Å². The van der Waals surface area contributed by atoms with Crippen LogP contribution in [0.1, 0.15) is 27.7 Å². The van der Waals surface area contributed by atoms with Crippen molar-refractivity contribution in [3.05, 3.63) is 0 Å². The standard InChI is InChI=1S/C10H22O2P.BrH/c1-5-13(6-2,7-3)9-8-12-10(4)11;/h5-9H2,1-4H3;1H/q+1;/p-1. The van der Waals surface area contributed by atoms with Crippen LogP contribution in [0.25, 0.3) is 0 Å². The van der Waals surface area contributed by atoms with E-state index in [1.807, 2.05) is 0 Å². The summed E-state index contributed by atoms with van der Waals surface area (Å²) >= 11 is 0. The van der Waals surface area contributed by atoms with Crippen molar-refractivity contribution >= 4 is 13.2 Å². The molecular formula is C10H22BrO2P. The van der Waals surface area contributed by atoms with Gasteiger partial charge < -0.3 is 21.7 Å². The van der Waals surface area contributed by atoms with Gasteiger partial charge in [0.15, 0.2) is 0 Å². The van der Waals surface area contributed by atoms with Crippen molar-refractivity contribution in [1.29, 1.82) is 0 Å². The molecule has 0 spiro atoms. The summed E-state index contributed by atoms with van der Waals surface area (Å²) in [5, 5.41) is 0. The molecule has 0 atom stereocenters. The Hall–Kier alpha value is 0.380. The Labute approximate surface area is 98.9 Å². The molecule has 4 heteroatoms. The van der Waals surface area contributed by atoms with Crippen molar-refractivity contribution in [2.24, 2.45) is 0 Å². The fourth-order valence-corrected chi connectivity index (χ4v) is 4.30. The van der Waals surface area contributed by atoms with Gasteiger partial charge in [-0.05, 0) is 20.8 Å². The molecule has 14 heavy (non-hydrogen) atoms. The van der Waals surface area contributed by atoms with E-state index in [-0.39, 0.29) is 23.0 Å². The van der Waals surface area contributed by atoms with Crippen molar-refractivity contribution in [2.75, 3.05) is 31.3 Å². The van der Waals surface area contributed by atoms with Gasteiger partial charge in [-0.1, -0.05) is 0 Å². The SMILES string of the molecule is CC[P+](CC)(CC)CCOC(C)=O.[Br-]. The van der Waals surface area contributed by atoms with E-state index in [2.05, 4.69) is 20.8 Å². The lowest BCUT2D eigenvalue weighted by Crippen LogP contribution is -3.00. The summed E-state index contributed by atoms with van der Waals surface area (Å²) in [6, 6.07) is 0. The number of halogens is 1. The molecule has 2 nitrogen and oxygen atoms in total. The van der Waals surface area contributed by atoms with Gasteiger partial charge in [-0.3, -0.25) is 4.79 Å². The average molecular weight is 285 g/mol. The molecule has 0 aromatic rings. The lowest BCUT2D eigenvalue weighted by Gasteiger charge is -2.22. The monoisotopic (exact) mass is 284 g/mol. The second kappa shape index (κ2) is 8.67. The van der Waals surface area contributed by atoms with E-state index in [4.69, 9.17) is 4.74 Å². The molecule has 0 heterocycles. The van der Waals surface area contributed by atoms with Crippen LogP contribution in [0.2, 0.25) is 0 Å². The van der Waals surface area contributed by atoms with E-state index in [0.29, 0.717) is 6.61 Å². The van der Waals surface area contributed by atoms with E-state index < -0.39 is 7.26 Å². The molecule has 0 N–H and O–H groups in total. The summed E-state index contributed by atoms with van der Waals surface area (Å²) in [6.07, 6.45) is 4.94. The van der Waals surface area contributed by atoms with Crippen LogP contribution in [0.15, 0.2) is 0 Å². The van der Waals surface area contributed by atoms with Crippen LogP contribution in [-0.2, 0) is 9.53 Å². The van der Waals surface area contributed by atoms with Crippen molar-refractivity contribution in [1.82, 2.24) is 0 Å². The molecule has 0 radical (unpaired) electrons. The van der Waals surface area contributed by atoms with Gasteiger partial charge in [0.1, 0.15) is 6.61 Å². The van der Waals surface area contributed by atoms with E-state index in [9.17, 15) is 4.79 Å². The molecule has 0 bridgehead atoms. The number of carbonyl (C=O) groups is 1. The van der Waals surface area contributed by atoms with E-state index in [1.165, 1.54) is 25.4 Å². The van der Waals surface area contributed by atoms with Crippen molar-refractivity contribution in [3.63, 3.8) is 0 Å². The van der Waals surface area contributed by atoms with Crippen LogP contribution < -0.4 is 17.0 Å². The molecule has 0 unspecified atom stereocenters. The predicted molar refractivity (Wildman–Crippen MR) is 60.0 cm³/mol. The number of carbonyl (C=O) groups excluding carboxylic acids is 1. The largest absolute Gasteiger partial charge is 1.00 e. The summed E-state index contributed by atoms with van der Waals surface area (Å²) in [5.41, 5.74) is 0. The Morgan fingerprint density at radius 3 is 1.86 bits per heavy atom. The van der Waals surface area contributed by atoms with Gasteiger partial charge in [0.2, 0.25) is 0 Å². The average Bonchev–Trinajstić information content (AvgIpc) is 2.13. The Bertz CT molecular complexity index is 150. The zero-order chi connectivity index (χ0) is 10.3. The van der Waals surface area contributed by atoms with Crippen LogP contribution in [0, 0.1) is 0 Å². The van der Waals surface area contributed by atoms with Crippen LogP contribution in [0.3, 0.4) is 0 Å². The zero-order valence-electron chi connectivity index (χ0n) is 9.68. The molecule has 0 amide bonds. The summed E-state index contributed by atoms with van der Waals surface area (Å²) in [6.45, 7) is 8.88. The normalized spacial score (nSPS) is 10.6. The van der Waals surface area contributed by atoms with Crippen molar-refractivity contribution in [2.45, 2.75) is 27.7 Å². The van der Waals surface area contributed by atoms with Crippen molar-refractivity contribution < 1.29 is 26.5 Å². The molecule has 86 valence electrons. The number of ether oxygens (including phenoxy) is 1. The number of rotatable bonds is 6. The maximum Gasteiger partial charge on any atom is 0.302 e. The van der Waals surface area contributed by atoms with Gasteiger partial charge in [0.05, 0.1) is 24.6 Å². The summed E-state index contributed by atoms with van der Waals surface area (Å²) < 4.78 is 4.99. The summed E-state index contributed by atoms with van der Waals surface area (Å²) in [5.74, 6) is -0.151. The van der Waals surface area contributed by atoms with E-state index in [1.54, 1.807) is 0 Å². The minimum atomic E-state index is -0.772. The molecule has 0 saturated carbocycles. The highest BCUT2D eigenvalue weighted by molar-refractivity contribution is 7.75. The molecule has 0 aromatic carbocycles. The molecule has 0 aromatic heterocycles. The minimum Gasteiger partial charge on any atom is -1.00 e. The van der Waals surface area contributed by atoms with Gasteiger partial charge >= 0.3 is 5.97 Å². The summed E-state index contributed by atoms with van der Waals surface area (Å²) in [7, 11) is -0.772. The molecule has 0 rings (SSSR count). The Balaban J connectivity index is 0. The Morgan fingerprint density at radius 2 is 1.57 bits per heavy atom. The van der Waals surface area contributed by atoms with Gasteiger partial charge in [0, 0.05) is 14.2 Å². The van der Waals surface area contributed by atoms with Gasteiger partial charge in [0.25, 0.3) is 0 Å². The topological polar surface area (TPSA) is 26.3 Å². The van der Waals surface area contributed by atoms with Crippen LogP contribution in [0.4, 0.5) is 0 Å². The number of hydrogen-bond acceptors (Lipinski definition) is 2. The second-order valence-corrected chi connectivity index (χ2v) is 8.38. The third-order valence-corrected chi connectivity index (χ3v) is 8.04. The number of esters is 1. The highest BCUT2D eigenvalue weighted by atomic mass is 79.9. The highest BCUT2D eigenvalue weighted by Crippen LogP contribution is 2.57. The molecule has 0 aliphatic heterocycles. The third-order valence-electron chi connectivity index (χ3n) is 2.88. The summed E-state index contributed by atoms with van der Waals surface area (Å²) in [4.78, 5) is 10.6. The zero-order valence-corrected chi connectivity index (χ0v) is 12.2. The first-order chi connectivity index (χ1) is 6.10. The predicted octanol–water partition coefficient (Wildman–Crippen LogP) is -0.369. The molecule has 0 fully saturated rings. The molecule has 0 aliphatic rings. The van der Waals surface area contributed by atoms with Crippen LogP contribution in [0.5, 0.6) is 0 Å². The molecule has 0 saturated heterocycles. The van der Waals surface area contributed by atoms with Crippen LogP contribution in [-0.4, -0.2) is 37.2 Å². The maximum absolute atomic E-state index is 10.6. The smallest absolute Gasteiger partial charge is 0.302 e. The second-order valence-electron chi connectivity index (χ2n) is 3.35. The Kier molecular flexibility index (Phi) is 10.4. The quantitative estimate of drug-likeness (QED) is 0.492. The first-order valence-electron chi connectivity index (χ1n) is 5.08. The number of hydrogen-bond donors (Lipinski definition) is 0. The Morgan fingerprint density at radius 1 is 1.14 bits per heavy atom. The first-order valence-corrected chi connectivity index (χ1v) is 7.61. The lowest BCUT2D eigenvalue weighted by molar-refractivity contribution is -0.140. The van der Waals surface area contributed by atoms with Gasteiger partial charge in [-0.2, -0.15) is 0 Å². The van der Waals surface area contributed by atoms with Crippen LogP contribution >= 0.6 is 7.26 Å². The fourth-order valence-electron chi connectivity index (χ4n) is 1.53. The molecule has 0 aliphatic carbocycles. The lowest BCUT2D eigenvalue weighted by atomic mass is 10.8. The van der Waals surface area contributed by atoms with Gasteiger partial charge in [-0.25, -0.2) is 0 Å². The molecular weight excluding hydrogens is 263 g/mol. The fraction of sp³-hybridized carbons (Fsp3) is 0.900. The van der Waals surface area contributed by atoms with E-state index >= 15 is 0 Å². The van der Waals surface area contributed by atoms with E-state index in [0.717, 1.165) is 6.16 Å². The first kappa shape index (κ1) is 16.8. The highest BCUT2D eigenvalue weighted by Gasteiger charge is 2.30. The minimum absolute atomic E-state index is 0. The van der Waals surface area contributed by atoms with Gasteiger partial charge in [-0.15, -0.1) is 0 Å². The third kappa shape index (κ3) is 5.98. The maximum atomic E-state index is 10.6.